The number of piperazine rings is 1. The fraction of sp³-hybridized carbons (Fsp3) is 0.417. The van der Waals surface area contributed by atoms with E-state index >= 15 is 0 Å². The summed E-state index contributed by atoms with van der Waals surface area (Å²) in [4.78, 5) is 24.3. The monoisotopic (exact) mass is 319 g/mol. The van der Waals surface area contributed by atoms with Crippen molar-refractivity contribution in [2.24, 2.45) is 0 Å². The van der Waals surface area contributed by atoms with Gasteiger partial charge in [0.2, 0.25) is 0 Å². The van der Waals surface area contributed by atoms with Gasteiger partial charge in [0.15, 0.2) is 0 Å². The van der Waals surface area contributed by atoms with Crippen molar-refractivity contribution in [3.05, 3.63) is 38.9 Å². The van der Waals surface area contributed by atoms with Crippen LogP contribution in [0.3, 0.4) is 0 Å². The lowest BCUT2D eigenvalue weighted by atomic mass is 10.1. The van der Waals surface area contributed by atoms with Gasteiger partial charge in [-0.15, -0.1) is 12.4 Å². The number of benzene rings is 1. The SMILES string of the molecule is C[C@@H]1CNCCN1C(=O)c1cc(Cl)cc([N+](=O)[O-])c1.Cl. The third-order valence-corrected chi connectivity index (χ3v) is 3.32. The average molecular weight is 320 g/mol. The van der Waals surface area contributed by atoms with Gasteiger partial charge in [-0.25, -0.2) is 0 Å². The van der Waals surface area contributed by atoms with E-state index in [9.17, 15) is 14.9 Å². The van der Waals surface area contributed by atoms with Crippen LogP contribution in [0.5, 0.6) is 0 Å². The number of hydrogen-bond acceptors (Lipinski definition) is 4. The van der Waals surface area contributed by atoms with Crippen LogP contribution in [0.15, 0.2) is 18.2 Å². The number of hydrogen-bond donors (Lipinski definition) is 1. The number of nitrogens with one attached hydrogen (secondary N) is 1. The zero-order chi connectivity index (χ0) is 14.0. The highest BCUT2D eigenvalue weighted by molar-refractivity contribution is 6.31. The van der Waals surface area contributed by atoms with Crippen LogP contribution >= 0.6 is 24.0 Å². The van der Waals surface area contributed by atoms with Gasteiger partial charge >= 0.3 is 0 Å². The molecule has 0 aliphatic carbocycles. The molecular formula is C12H15Cl2N3O3. The summed E-state index contributed by atoms with van der Waals surface area (Å²) in [5.74, 6) is -0.223. The van der Waals surface area contributed by atoms with E-state index in [1.165, 1.54) is 18.2 Å². The van der Waals surface area contributed by atoms with Gasteiger partial charge in [0.1, 0.15) is 0 Å². The van der Waals surface area contributed by atoms with Gasteiger partial charge in [0.25, 0.3) is 11.6 Å². The fourth-order valence-corrected chi connectivity index (χ4v) is 2.34. The number of halogens is 2. The number of non-ortho nitro benzene ring substituents is 1. The summed E-state index contributed by atoms with van der Waals surface area (Å²) in [6.45, 7) is 3.95. The summed E-state index contributed by atoms with van der Waals surface area (Å²) in [7, 11) is 0. The molecule has 0 saturated carbocycles. The van der Waals surface area contributed by atoms with Gasteiger partial charge in [-0.05, 0) is 13.0 Å². The molecule has 1 atom stereocenters. The predicted octanol–water partition coefficient (Wildman–Crippen LogP) is 2.10. The van der Waals surface area contributed by atoms with Crippen molar-refractivity contribution in [3.8, 4) is 0 Å². The largest absolute Gasteiger partial charge is 0.333 e. The molecule has 1 aromatic carbocycles. The van der Waals surface area contributed by atoms with Gasteiger partial charge in [0.05, 0.1) is 4.92 Å². The minimum atomic E-state index is -0.552. The highest BCUT2D eigenvalue weighted by Crippen LogP contribution is 2.22. The van der Waals surface area contributed by atoms with Crippen LogP contribution in [0.2, 0.25) is 5.02 Å². The van der Waals surface area contributed by atoms with Crippen molar-refractivity contribution >= 4 is 35.6 Å². The third-order valence-electron chi connectivity index (χ3n) is 3.10. The summed E-state index contributed by atoms with van der Waals surface area (Å²) < 4.78 is 0. The molecule has 1 heterocycles. The molecule has 0 unspecified atom stereocenters. The minimum Gasteiger partial charge on any atom is -0.333 e. The first kappa shape index (κ1) is 16.7. The number of carbonyl (C=O) groups is 1. The summed E-state index contributed by atoms with van der Waals surface area (Å²) in [6.07, 6.45) is 0. The molecular weight excluding hydrogens is 305 g/mol. The Kier molecular flexibility index (Phi) is 5.74. The van der Waals surface area contributed by atoms with Crippen LogP contribution < -0.4 is 5.32 Å². The number of amides is 1. The lowest BCUT2D eigenvalue weighted by Crippen LogP contribution is -2.52. The zero-order valence-electron chi connectivity index (χ0n) is 10.8. The highest BCUT2D eigenvalue weighted by atomic mass is 35.5. The number of carbonyl (C=O) groups excluding carboxylic acids is 1. The number of rotatable bonds is 2. The molecule has 1 amide bonds. The molecule has 0 bridgehead atoms. The second-order valence-corrected chi connectivity index (χ2v) is 4.94. The lowest BCUT2D eigenvalue weighted by molar-refractivity contribution is -0.384. The average Bonchev–Trinajstić information content (AvgIpc) is 2.37. The van der Waals surface area contributed by atoms with E-state index in [1.54, 1.807) is 4.90 Å². The van der Waals surface area contributed by atoms with Crippen LogP contribution in [0.4, 0.5) is 5.69 Å². The van der Waals surface area contributed by atoms with Crippen LogP contribution in [0.25, 0.3) is 0 Å². The van der Waals surface area contributed by atoms with Crippen molar-refractivity contribution in [2.75, 3.05) is 19.6 Å². The maximum absolute atomic E-state index is 12.4. The maximum Gasteiger partial charge on any atom is 0.271 e. The first-order valence-corrected chi connectivity index (χ1v) is 6.33. The van der Waals surface area contributed by atoms with E-state index < -0.39 is 4.92 Å². The predicted molar refractivity (Wildman–Crippen MR) is 78.7 cm³/mol. The second kappa shape index (κ2) is 6.88. The summed E-state index contributed by atoms with van der Waals surface area (Å²) in [5, 5.41) is 14.2. The Hall–Kier alpha value is -1.37. The van der Waals surface area contributed by atoms with Gasteiger partial charge in [-0.1, -0.05) is 11.6 Å². The molecule has 8 heteroatoms. The van der Waals surface area contributed by atoms with Gasteiger partial charge in [0, 0.05) is 48.4 Å². The molecule has 1 saturated heterocycles. The molecule has 0 radical (unpaired) electrons. The van der Waals surface area contributed by atoms with E-state index in [0.29, 0.717) is 13.1 Å². The Morgan fingerprint density at radius 2 is 2.20 bits per heavy atom. The van der Waals surface area contributed by atoms with Crippen LogP contribution in [-0.4, -0.2) is 41.4 Å². The smallest absolute Gasteiger partial charge is 0.271 e. The van der Waals surface area contributed by atoms with Crippen molar-refractivity contribution < 1.29 is 9.72 Å². The van der Waals surface area contributed by atoms with Gasteiger partial charge in [-0.3, -0.25) is 14.9 Å². The molecule has 20 heavy (non-hydrogen) atoms. The van der Waals surface area contributed by atoms with Crippen LogP contribution in [0, 0.1) is 10.1 Å². The molecule has 110 valence electrons. The van der Waals surface area contributed by atoms with E-state index in [0.717, 1.165) is 6.54 Å². The Balaban J connectivity index is 0.00000200. The molecule has 2 rings (SSSR count). The van der Waals surface area contributed by atoms with E-state index in [1.807, 2.05) is 6.92 Å². The Morgan fingerprint density at radius 1 is 1.50 bits per heavy atom. The molecule has 0 spiro atoms. The van der Waals surface area contributed by atoms with Gasteiger partial charge < -0.3 is 10.2 Å². The minimum absolute atomic E-state index is 0. The Morgan fingerprint density at radius 3 is 2.80 bits per heavy atom. The zero-order valence-corrected chi connectivity index (χ0v) is 12.4. The van der Waals surface area contributed by atoms with Crippen LogP contribution in [0.1, 0.15) is 17.3 Å². The van der Waals surface area contributed by atoms with Crippen LogP contribution in [-0.2, 0) is 0 Å². The fourth-order valence-electron chi connectivity index (χ4n) is 2.11. The van der Waals surface area contributed by atoms with Crippen molar-refractivity contribution in [2.45, 2.75) is 13.0 Å². The standard InChI is InChI=1S/C12H14ClN3O3.ClH/c1-8-7-14-2-3-15(8)12(17)9-4-10(13)6-11(5-9)16(18)19;/h4-6,8,14H,2-3,7H2,1H3;1H/t8-;/m1./s1. The van der Waals surface area contributed by atoms with E-state index in [-0.39, 0.29) is 40.6 Å². The quantitative estimate of drug-likeness (QED) is 0.669. The second-order valence-electron chi connectivity index (χ2n) is 4.51. The highest BCUT2D eigenvalue weighted by Gasteiger charge is 2.25. The molecule has 1 N–H and O–H groups in total. The molecule has 1 aromatic rings. The lowest BCUT2D eigenvalue weighted by Gasteiger charge is -2.34. The summed E-state index contributed by atoms with van der Waals surface area (Å²) in [6, 6.07) is 4.02. The van der Waals surface area contributed by atoms with E-state index in [2.05, 4.69) is 5.32 Å². The van der Waals surface area contributed by atoms with Crippen molar-refractivity contribution in [3.63, 3.8) is 0 Å². The first-order valence-electron chi connectivity index (χ1n) is 5.95. The molecule has 6 nitrogen and oxygen atoms in total. The van der Waals surface area contributed by atoms with Gasteiger partial charge in [-0.2, -0.15) is 0 Å². The number of nitro benzene ring substituents is 1. The maximum atomic E-state index is 12.4. The molecule has 1 fully saturated rings. The summed E-state index contributed by atoms with van der Waals surface area (Å²) >= 11 is 5.83. The number of nitro groups is 1. The van der Waals surface area contributed by atoms with Crippen molar-refractivity contribution in [1.82, 2.24) is 10.2 Å². The topological polar surface area (TPSA) is 75.5 Å². The molecule has 0 aromatic heterocycles. The third kappa shape index (κ3) is 3.59. The molecule has 1 aliphatic rings. The molecule has 1 aliphatic heterocycles. The van der Waals surface area contributed by atoms with E-state index in [4.69, 9.17) is 11.6 Å². The first-order chi connectivity index (χ1) is 8.99. The van der Waals surface area contributed by atoms with Crippen molar-refractivity contribution in [1.29, 1.82) is 0 Å². The Bertz CT molecular complexity index is 525. The normalized spacial score (nSPS) is 18.3. The number of nitrogens with zero attached hydrogens (tertiary/aromatic N) is 2. The Labute approximate surface area is 127 Å². The summed E-state index contributed by atoms with van der Waals surface area (Å²) in [5.41, 5.74) is 0.0894.